The van der Waals surface area contributed by atoms with Gasteiger partial charge in [0.2, 0.25) is 5.91 Å². The summed E-state index contributed by atoms with van der Waals surface area (Å²) in [7, 11) is 0. The van der Waals surface area contributed by atoms with Gasteiger partial charge in [-0.2, -0.15) is 0 Å². The molecule has 4 rings (SSSR count). The highest BCUT2D eigenvalue weighted by molar-refractivity contribution is 5.89. The first-order valence-electron chi connectivity index (χ1n) is 7.61. The maximum absolute atomic E-state index is 12.9. The Labute approximate surface area is 123 Å². The third-order valence-electron chi connectivity index (χ3n) is 5.43. The normalized spacial score (nSPS) is 36.5. The minimum absolute atomic E-state index is 0.244. The van der Waals surface area contributed by atoms with E-state index in [0.717, 1.165) is 24.2 Å². The lowest BCUT2D eigenvalue weighted by molar-refractivity contribution is -0.164. The number of carboxylic acid groups (broad SMARTS) is 2. The first kappa shape index (κ1) is 14.4. The van der Waals surface area contributed by atoms with Crippen LogP contribution in [-0.2, 0) is 14.4 Å². The molecular weight excluding hydrogens is 274 g/mol. The van der Waals surface area contributed by atoms with Gasteiger partial charge in [0, 0.05) is 0 Å². The lowest BCUT2D eigenvalue weighted by Crippen LogP contribution is -2.56. The van der Waals surface area contributed by atoms with Crippen molar-refractivity contribution < 1.29 is 24.6 Å². The van der Waals surface area contributed by atoms with Gasteiger partial charge in [0.15, 0.2) is 0 Å². The molecule has 0 aromatic heterocycles. The van der Waals surface area contributed by atoms with Crippen molar-refractivity contribution in [3.05, 3.63) is 0 Å². The van der Waals surface area contributed by atoms with Crippen molar-refractivity contribution in [1.29, 1.82) is 0 Å². The topological polar surface area (TPSA) is 94.9 Å². The van der Waals surface area contributed by atoms with Crippen LogP contribution >= 0.6 is 0 Å². The zero-order valence-corrected chi connectivity index (χ0v) is 12.0. The zero-order chi connectivity index (χ0) is 15.2. The van der Waals surface area contributed by atoms with E-state index in [1.165, 1.54) is 19.3 Å². The number of nitrogens with zero attached hydrogens (tertiary/aromatic N) is 1. The van der Waals surface area contributed by atoms with Crippen LogP contribution in [-0.4, -0.2) is 46.0 Å². The number of carbonyl (C=O) groups excluding carboxylic acids is 1. The second kappa shape index (κ2) is 5.00. The van der Waals surface area contributed by atoms with Crippen molar-refractivity contribution in [2.75, 3.05) is 13.1 Å². The Kier molecular flexibility index (Phi) is 3.42. The SMILES string of the molecule is O=C(O)CN(CC(=O)O)C(=O)C12CC3CC(CC(C3)C1)C2. The monoisotopic (exact) mass is 295 g/mol. The molecule has 21 heavy (non-hydrogen) atoms. The third kappa shape index (κ3) is 2.63. The first-order valence-corrected chi connectivity index (χ1v) is 7.61. The predicted molar refractivity (Wildman–Crippen MR) is 72.5 cm³/mol. The van der Waals surface area contributed by atoms with Crippen LogP contribution in [0.5, 0.6) is 0 Å². The molecule has 0 unspecified atom stereocenters. The lowest BCUT2D eigenvalue weighted by atomic mass is 9.49. The summed E-state index contributed by atoms with van der Waals surface area (Å²) in [6, 6.07) is 0. The highest BCUT2D eigenvalue weighted by atomic mass is 16.4. The molecule has 0 aliphatic heterocycles. The van der Waals surface area contributed by atoms with Crippen LogP contribution in [0.3, 0.4) is 0 Å². The van der Waals surface area contributed by atoms with Crippen LogP contribution in [0.2, 0.25) is 0 Å². The van der Waals surface area contributed by atoms with Gasteiger partial charge in [-0.15, -0.1) is 0 Å². The predicted octanol–water partition coefficient (Wildman–Crippen LogP) is 1.20. The van der Waals surface area contributed by atoms with Gasteiger partial charge in [0.1, 0.15) is 13.1 Å². The highest BCUT2D eigenvalue weighted by Crippen LogP contribution is 2.60. The number of amides is 1. The van der Waals surface area contributed by atoms with Gasteiger partial charge in [-0.3, -0.25) is 14.4 Å². The van der Waals surface area contributed by atoms with Crippen LogP contribution < -0.4 is 0 Å². The molecule has 0 aromatic rings. The molecule has 0 atom stereocenters. The van der Waals surface area contributed by atoms with Gasteiger partial charge >= 0.3 is 11.9 Å². The van der Waals surface area contributed by atoms with Crippen molar-refractivity contribution >= 4 is 17.8 Å². The average molecular weight is 295 g/mol. The molecule has 0 radical (unpaired) electrons. The first-order chi connectivity index (χ1) is 9.88. The fourth-order valence-corrected chi connectivity index (χ4v) is 5.23. The van der Waals surface area contributed by atoms with E-state index in [4.69, 9.17) is 10.2 Å². The van der Waals surface area contributed by atoms with Crippen molar-refractivity contribution in [2.45, 2.75) is 38.5 Å². The Balaban J connectivity index is 1.81. The molecule has 4 aliphatic carbocycles. The molecule has 2 N–H and O–H groups in total. The van der Waals surface area contributed by atoms with Crippen LogP contribution in [0.15, 0.2) is 0 Å². The van der Waals surface area contributed by atoms with Gasteiger partial charge in [0.25, 0.3) is 0 Å². The molecule has 4 fully saturated rings. The molecule has 4 aliphatic rings. The molecule has 4 saturated carbocycles. The number of aliphatic carboxylic acids is 2. The van der Waals surface area contributed by atoms with E-state index in [-0.39, 0.29) is 5.91 Å². The average Bonchev–Trinajstić information content (AvgIpc) is 2.34. The Morgan fingerprint density at radius 1 is 0.857 bits per heavy atom. The van der Waals surface area contributed by atoms with E-state index < -0.39 is 30.4 Å². The maximum Gasteiger partial charge on any atom is 0.323 e. The Hall–Kier alpha value is -1.59. The van der Waals surface area contributed by atoms with Crippen molar-refractivity contribution in [1.82, 2.24) is 4.90 Å². The second-order valence-corrected chi connectivity index (χ2v) is 7.15. The van der Waals surface area contributed by atoms with Gasteiger partial charge in [0.05, 0.1) is 5.41 Å². The van der Waals surface area contributed by atoms with Gasteiger partial charge in [-0.1, -0.05) is 0 Å². The molecule has 1 amide bonds. The van der Waals surface area contributed by atoms with Gasteiger partial charge < -0.3 is 15.1 Å². The lowest BCUT2D eigenvalue weighted by Gasteiger charge is -2.56. The number of hydrogen-bond acceptors (Lipinski definition) is 3. The summed E-state index contributed by atoms with van der Waals surface area (Å²) in [5.41, 5.74) is -0.486. The van der Waals surface area contributed by atoms with Crippen LogP contribution in [0, 0.1) is 23.2 Å². The molecule has 6 heteroatoms. The fraction of sp³-hybridized carbons (Fsp3) is 0.800. The fourth-order valence-electron chi connectivity index (χ4n) is 5.23. The largest absolute Gasteiger partial charge is 0.480 e. The Bertz CT molecular complexity index is 435. The third-order valence-corrected chi connectivity index (χ3v) is 5.43. The van der Waals surface area contributed by atoms with Crippen LogP contribution in [0.25, 0.3) is 0 Å². The molecule has 0 heterocycles. The minimum atomic E-state index is -1.16. The summed E-state index contributed by atoms with van der Waals surface area (Å²) >= 11 is 0. The van der Waals surface area contributed by atoms with Gasteiger partial charge in [-0.25, -0.2) is 0 Å². The Morgan fingerprint density at radius 3 is 1.57 bits per heavy atom. The van der Waals surface area contributed by atoms with E-state index in [1.807, 2.05) is 0 Å². The van der Waals surface area contributed by atoms with E-state index in [1.54, 1.807) is 0 Å². The zero-order valence-electron chi connectivity index (χ0n) is 12.0. The molecule has 6 nitrogen and oxygen atoms in total. The summed E-state index contributed by atoms with van der Waals surface area (Å²) in [5.74, 6) is -0.861. The molecule has 0 saturated heterocycles. The highest BCUT2D eigenvalue weighted by Gasteiger charge is 2.55. The molecule has 0 spiro atoms. The summed E-state index contributed by atoms with van der Waals surface area (Å²) in [6.45, 7) is -1.04. The van der Waals surface area contributed by atoms with Gasteiger partial charge in [-0.05, 0) is 56.3 Å². The van der Waals surface area contributed by atoms with E-state index in [9.17, 15) is 14.4 Å². The van der Waals surface area contributed by atoms with E-state index in [0.29, 0.717) is 17.8 Å². The smallest absolute Gasteiger partial charge is 0.323 e. The number of hydrogen-bond donors (Lipinski definition) is 2. The van der Waals surface area contributed by atoms with Crippen LogP contribution in [0.4, 0.5) is 0 Å². The van der Waals surface area contributed by atoms with Crippen molar-refractivity contribution in [3.63, 3.8) is 0 Å². The number of carboxylic acids is 2. The van der Waals surface area contributed by atoms with E-state index in [2.05, 4.69) is 0 Å². The van der Waals surface area contributed by atoms with Crippen molar-refractivity contribution in [3.8, 4) is 0 Å². The summed E-state index contributed by atoms with van der Waals surface area (Å²) < 4.78 is 0. The molecular formula is C15H21NO5. The van der Waals surface area contributed by atoms with E-state index >= 15 is 0 Å². The minimum Gasteiger partial charge on any atom is -0.480 e. The maximum atomic E-state index is 12.9. The Morgan fingerprint density at radius 2 is 1.24 bits per heavy atom. The standard InChI is InChI=1S/C15H21NO5/c17-12(18)7-16(8-13(19)20)14(21)15-4-9-1-10(5-15)3-11(2-9)6-15/h9-11H,1-8H2,(H,17,18)(H,19,20). The molecule has 0 aromatic carbocycles. The second-order valence-electron chi connectivity index (χ2n) is 7.15. The summed E-state index contributed by atoms with van der Waals surface area (Å²) in [6.07, 6.45) is 5.99. The quantitative estimate of drug-likeness (QED) is 0.794. The molecule has 4 bridgehead atoms. The number of rotatable bonds is 5. The van der Waals surface area contributed by atoms with Crippen LogP contribution in [0.1, 0.15) is 38.5 Å². The summed E-state index contributed by atoms with van der Waals surface area (Å²) in [5, 5.41) is 17.9. The van der Waals surface area contributed by atoms with Crippen molar-refractivity contribution in [2.24, 2.45) is 23.2 Å². The summed E-state index contributed by atoms with van der Waals surface area (Å²) in [4.78, 5) is 35.8. The molecule has 116 valence electrons. The number of carbonyl (C=O) groups is 3.